The first-order valence-corrected chi connectivity index (χ1v) is 3.48. The molecule has 0 aromatic carbocycles. The van der Waals surface area contributed by atoms with Crippen LogP contribution in [-0.4, -0.2) is 36.3 Å². The molecular formula is C6H11NO3. The number of rotatable bonds is 0. The molecule has 4 atom stereocenters. The lowest BCUT2D eigenvalue weighted by Gasteiger charge is -2.28. The summed E-state index contributed by atoms with van der Waals surface area (Å²) < 4.78 is 10.4. The summed E-state index contributed by atoms with van der Waals surface area (Å²) in [5, 5.41) is 9.27. The zero-order chi connectivity index (χ0) is 7.14. The van der Waals surface area contributed by atoms with Gasteiger partial charge in [-0.2, -0.15) is 0 Å². The normalized spacial score (nSPS) is 53.4. The lowest BCUT2D eigenvalue weighted by molar-refractivity contribution is -0.130. The zero-order valence-electron chi connectivity index (χ0n) is 5.56. The highest BCUT2D eigenvalue weighted by Gasteiger charge is 2.41. The van der Waals surface area contributed by atoms with E-state index >= 15 is 0 Å². The van der Waals surface area contributed by atoms with Crippen LogP contribution >= 0.6 is 0 Å². The molecule has 10 heavy (non-hydrogen) atoms. The van der Waals surface area contributed by atoms with Crippen LogP contribution in [-0.2, 0) is 9.47 Å². The van der Waals surface area contributed by atoms with Gasteiger partial charge in [0, 0.05) is 6.42 Å². The molecular weight excluding hydrogens is 134 g/mol. The molecule has 2 heterocycles. The molecule has 4 heteroatoms. The number of ether oxygens (including phenoxy) is 2. The Morgan fingerprint density at radius 1 is 1.50 bits per heavy atom. The van der Waals surface area contributed by atoms with Gasteiger partial charge in [-0.15, -0.1) is 0 Å². The summed E-state index contributed by atoms with van der Waals surface area (Å²) in [6, 6.07) is -0.362. The van der Waals surface area contributed by atoms with Gasteiger partial charge in [0.1, 0.15) is 0 Å². The van der Waals surface area contributed by atoms with Gasteiger partial charge in [0.25, 0.3) is 0 Å². The highest BCUT2D eigenvalue weighted by Crippen LogP contribution is 2.25. The van der Waals surface area contributed by atoms with Gasteiger partial charge < -0.3 is 20.3 Å². The fraction of sp³-hybridized carbons (Fsp3) is 1.00. The predicted octanol–water partition coefficient (Wildman–Crippen LogP) is -1.18. The SMILES string of the molecule is N[C@@H]1[C@@H]2OC[C@H](C[C@@H]1O)O2. The van der Waals surface area contributed by atoms with E-state index in [0.717, 1.165) is 0 Å². The van der Waals surface area contributed by atoms with Crippen LogP contribution in [0.2, 0.25) is 0 Å². The Hall–Kier alpha value is -0.160. The second-order valence-electron chi connectivity index (χ2n) is 2.84. The lowest BCUT2D eigenvalue weighted by atomic mass is 10.0. The van der Waals surface area contributed by atoms with Crippen molar-refractivity contribution in [2.45, 2.75) is 31.0 Å². The molecule has 2 saturated heterocycles. The Balaban J connectivity index is 2.09. The molecule has 0 radical (unpaired) electrons. The summed E-state index contributed by atoms with van der Waals surface area (Å²) in [6.45, 7) is 0.579. The van der Waals surface area contributed by atoms with Crippen molar-refractivity contribution in [3.63, 3.8) is 0 Å². The number of aliphatic hydroxyl groups excluding tert-OH is 1. The molecule has 0 amide bonds. The summed E-state index contributed by atoms with van der Waals surface area (Å²) in [4.78, 5) is 0. The number of nitrogens with two attached hydrogens (primary N) is 1. The highest BCUT2D eigenvalue weighted by molar-refractivity contribution is 4.87. The molecule has 0 aliphatic carbocycles. The minimum atomic E-state index is -0.453. The molecule has 2 fully saturated rings. The standard InChI is InChI=1S/C6H11NO3/c7-5-4(8)1-3-2-9-6(5)10-3/h3-6,8H,1-2,7H2/t3-,4-,5-,6+/m0/s1. The van der Waals surface area contributed by atoms with Crippen molar-refractivity contribution < 1.29 is 14.6 Å². The van der Waals surface area contributed by atoms with Crippen LogP contribution < -0.4 is 5.73 Å². The van der Waals surface area contributed by atoms with Crippen LogP contribution in [0.15, 0.2) is 0 Å². The van der Waals surface area contributed by atoms with Gasteiger partial charge in [-0.25, -0.2) is 0 Å². The molecule has 2 bridgehead atoms. The Labute approximate surface area is 58.9 Å². The average Bonchev–Trinajstić information content (AvgIpc) is 2.29. The second-order valence-corrected chi connectivity index (χ2v) is 2.84. The first-order valence-electron chi connectivity index (χ1n) is 3.48. The minimum Gasteiger partial charge on any atom is -0.391 e. The molecule has 0 aromatic rings. The van der Waals surface area contributed by atoms with Crippen LogP contribution in [0, 0.1) is 0 Å². The van der Waals surface area contributed by atoms with Crippen LogP contribution in [0.5, 0.6) is 0 Å². The third-order valence-electron chi connectivity index (χ3n) is 2.04. The van der Waals surface area contributed by atoms with Crippen molar-refractivity contribution in [1.82, 2.24) is 0 Å². The maximum atomic E-state index is 9.27. The molecule has 58 valence electrons. The van der Waals surface area contributed by atoms with Gasteiger partial charge in [0.2, 0.25) is 0 Å². The molecule has 0 aromatic heterocycles. The van der Waals surface area contributed by atoms with Gasteiger partial charge in [-0.3, -0.25) is 0 Å². The Kier molecular flexibility index (Phi) is 1.42. The molecule has 0 spiro atoms. The molecule has 2 rings (SSSR count). The van der Waals surface area contributed by atoms with E-state index in [1.807, 2.05) is 0 Å². The van der Waals surface area contributed by atoms with E-state index in [0.29, 0.717) is 13.0 Å². The van der Waals surface area contributed by atoms with Gasteiger partial charge >= 0.3 is 0 Å². The predicted molar refractivity (Wildman–Crippen MR) is 33.2 cm³/mol. The van der Waals surface area contributed by atoms with Crippen molar-refractivity contribution in [1.29, 1.82) is 0 Å². The van der Waals surface area contributed by atoms with E-state index in [1.165, 1.54) is 0 Å². The number of hydrogen-bond acceptors (Lipinski definition) is 4. The maximum absolute atomic E-state index is 9.27. The van der Waals surface area contributed by atoms with Crippen LogP contribution in [0.4, 0.5) is 0 Å². The van der Waals surface area contributed by atoms with Gasteiger partial charge in [0.05, 0.1) is 24.9 Å². The zero-order valence-corrected chi connectivity index (χ0v) is 5.56. The van der Waals surface area contributed by atoms with Crippen LogP contribution in [0.25, 0.3) is 0 Å². The Morgan fingerprint density at radius 3 is 3.10 bits per heavy atom. The van der Waals surface area contributed by atoms with Crippen molar-refractivity contribution in [3.05, 3.63) is 0 Å². The van der Waals surface area contributed by atoms with Crippen molar-refractivity contribution in [2.24, 2.45) is 5.73 Å². The van der Waals surface area contributed by atoms with E-state index in [4.69, 9.17) is 15.2 Å². The highest BCUT2D eigenvalue weighted by atomic mass is 16.7. The fourth-order valence-electron chi connectivity index (χ4n) is 1.40. The minimum absolute atomic E-state index is 0.0693. The van der Waals surface area contributed by atoms with Gasteiger partial charge in [0.15, 0.2) is 6.29 Å². The molecule has 2 aliphatic rings. The van der Waals surface area contributed by atoms with Crippen LogP contribution in [0.1, 0.15) is 6.42 Å². The topological polar surface area (TPSA) is 64.7 Å². The lowest BCUT2D eigenvalue weighted by Crippen LogP contribution is -2.49. The van der Waals surface area contributed by atoms with Gasteiger partial charge in [-0.1, -0.05) is 0 Å². The molecule has 2 aliphatic heterocycles. The van der Waals surface area contributed by atoms with E-state index in [9.17, 15) is 5.11 Å². The monoisotopic (exact) mass is 145 g/mol. The summed E-state index contributed by atoms with van der Waals surface area (Å²) in [7, 11) is 0. The fourth-order valence-corrected chi connectivity index (χ4v) is 1.40. The summed E-state index contributed by atoms with van der Waals surface area (Å²) in [6.07, 6.45) is -0.141. The van der Waals surface area contributed by atoms with Crippen LogP contribution in [0.3, 0.4) is 0 Å². The number of aliphatic hydroxyl groups is 1. The molecule has 0 saturated carbocycles. The second kappa shape index (κ2) is 2.17. The molecule has 4 nitrogen and oxygen atoms in total. The summed E-state index contributed by atoms with van der Waals surface area (Å²) in [5.41, 5.74) is 5.56. The quantitative estimate of drug-likeness (QED) is 0.450. The summed E-state index contributed by atoms with van der Waals surface area (Å²) in [5.74, 6) is 0. The third kappa shape index (κ3) is 0.845. The Morgan fingerprint density at radius 2 is 2.30 bits per heavy atom. The van der Waals surface area contributed by atoms with Crippen molar-refractivity contribution in [3.8, 4) is 0 Å². The largest absolute Gasteiger partial charge is 0.391 e. The van der Waals surface area contributed by atoms with E-state index in [2.05, 4.69) is 0 Å². The first-order chi connectivity index (χ1) is 4.77. The Bertz CT molecular complexity index is 141. The number of fused-ring (bicyclic) bond motifs is 2. The number of hydrogen-bond donors (Lipinski definition) is 2. The van der Waals surface area contributed by atoms with Gasteiger partial charge in [-0.05, 0) is 0 Å². The smallest absolute Gasteiger partial charge is 0.175 e. The van der Waals surface area contributed by atoms with E-state index in [-0.39, 0.29) is 18.4 Å². The maximum Gasteiger partial charge on any atom is 0.175 e. The van der Waals surface area contributed by atoms with Crippen molar-refractivity contribution >= 4 is 0 Å². The van der Waals surface area contributed by atoms with E-state index in [1.54, 1.807) is 0 Å². The molecule has 3 N–H and O–H groups in total. The summed E-state index contributed by atoms with van der Waals surface area (Å²) >= 11 is 0. The first kappa shape index (κ1) is 6.54. The van der Waals surface area contributed by atoms with Crippen molar-refractivity contribution in [2.75, 3.05) is 6.61 Å². The third-order valence-corrected chi connectivity index (χ3v) is 2.04. The van der Waals surface area contributed by atoms with E-state index < -0.39 is 6.10 Å². The molecule has 0 unspecified atom stereocenters. The average molecular weight is 145 g/mol.